The number of carbonyl (C=O) groups excluding carboxylic acids is 1. The number of nitrogens with zero attached hydrogens (tertiary/aromatic N) is 2. The van der Waals surface area contributed by atoms with Gasteiger partial charge in [-0.2, -0.15) is 5.26 Å². The normalized spacial score (nSPS) is 10.6. The fourth-order valence-corrected chi connectivity index (χ4v) is 3.68. The quantitative estimate of drug-likeness (QED) is 0.412. The number of nitriles is 1. The van der Waals surface area contributed by atoms with Crippen LogP contribution in [0.1, 0.15) is 23.4 Å². The lowest BCUT2D eigenvalue weighted by Crippen LogP contribution is -2.10. The molecule has 0 aliphatic rings. The summed E-state index contributed by atoms with van der Waals surface area (Å²) in [6.45, 7) is 0.453. The van der Waals surface area contributed by atoms with Gasteiger partial charge in [-0.15, -0.1) is 11.3 Å². The Morgan fingerprint density at radius 3 is 2.93 bits per heavy atom. The van der Waals surface area contributed by atoms with Crippen LogP contribution in [0, 0.1) is 11.3 Å². The smallest absolute Gasteiger partial charge is 0.291 e. The predicted octanol–water partition coefficient (Wildman–Crippen LogP) is 5.49. The van der Waals surface area contributed by atoms with Crippen LogP contribution in [0.2, 0.25) is 0 Å². The van der Waals surface area contributed by atoms with Crippen LogP contribution < -0.4 is 10.1 Å². The summed E-state index contributed by atoms with van der Waals surface area (Å²) in [7, 11) is 0. The maximum atomic E-state index is 12.5. The summed E-state index contributed by atoms with van der Waals surface area (Å²) < 4.78 is 12.4. The minimum atomic E-state index is -0.348. The molecule has 29 heavy (non-hydrogen) atoms. The predicted molar refractivity (Wildman–Crippen MR) is 112 cm³/mol. The summed E-state index contributed by atoms with van der Waals surface area (Å²) in [5.74, 6) is 1.06. The van der Waals surface area contributed by atoms with E-state index in [1.54, 1.807) is 36.4 Å². The molecule has 4 rings (SSSR count). The number of benzene rings is 2. The Balaban J connectivity index is 1.43. The molecule has 1 N–H and O–H groups in total. The van der Waals surface area contributed by atoms with E-state index in [0.717, 1.165) is 15.2 Å². The van der Waals surface area contributed by atoms with Crippen molar-refractivity contribution in [3.8, 4) is 22.6 Å². The second-order valence-corrected chi connectivity index (χ2v) is 7.27. The Bertz CT molecular complexity index is 1160. The molecule has 144 valence electrons. The summed E-state index contributed by atoms with van der Waals surface area (Å²) in [5.41, 5.74) is 1.51. The molecule has 1 amide bonds. The number of hydrogen-bond donors (Lipinski definition) is 1. The zero-order chi connectivity index (χ0) is 20.1. The number of aromatic nitrogens is 1. The number of para-hydroxylation sites is 1. The number of thiazole rings is 1. The molecule has 0 fully saturated rings. The number of rotatable bonds is 7. The van der Waals surface area contributed by atoms with Gasteiger partial charge >= 0.3 is 0 Å². The van der Waals surface area contributed by atoms with Gasteiger partial charge in [0, 0.05) is 18.2 Å². The molecule has 0 aliphatic heterocycles. The Hall–Kier alpha value is -3.63. The van der Waals surface area contributed by atoms with Gasteiger partial charge < -0.3 is 14.5 Å². The van der Waals surface area contributed by atoms with Gasteiger partial charge in [0.25, 0.3) is 5.91 Å². The monoisotopic (exact) mass is 403 g/mol. The summed E-state index contributed by atoms with van der Waals surface area (Å²) in [6.07, 6.45) is 1.11. The number of ether oxygens (including phenoxy) is 1. The van der Waals surface area contributed by atoms with Gasteiger partial charge in [-0.05, 0) is 42.8 Å². The molecule has 0 aliphatic carbocycles. The molecule has 2 aromatic heterocycles. The van der Waals surface area contributed by atoms with Gasteiger partial charge in [0.15, 0.2) is 16.5 Å². The van der Waals surface area contributed by atoms with Crippen LogP contribution in [0.15, 0.2) is 65.1 Å². The van der Waals surface area contributed by atoms with E-state index >= 15 is 0 Å². The molecule has 0 saturated heterocycles. The lowest BCUT2D eigenvalue weighted by molar-refractivity contribution is 0.0997. The van der Waals surface area contributed by atoms with Crippen molar-refractivity contribution >= 4 is 33.1 Å². The van der Waals surface area contributed by atoms with E-state index in [-0.39, 0.29) is 11.7 Å². The summed E-state index contributed by atoms with van der Waals surface area (Å²) >= 11 is 1.52. The van der Waals surface area contributed by atoms with Gasteiger partial charge in [-0.3, -0.25) is 4.79 Å². The molecular weight excluding hydrogens is 386 g/mol. The maximum Gasteiger partial charge on any atom is 0.291 e. The van der Waals surface area contributed by atoms with E-state index in [0.29, 0.717) is 36.6 Å². The second kappa shape index (κ2) is 8.59. The maximum absolute atomic E-state index is 12.5. The topological polar surface area (TPSA) is 88.1 Å². The van der Waals surface area contributed by atoms with E-state index in [2.05, 4.69) is 16.4 Å². The van der Waals surface area contributed by atoms with Crippen LogP contribution in [0.25, 0.3) is 21.0 Å². The molecule has 2 aromatic carbocycles. The Morgan fingerprint density at radius 2 is 2.07 bits per heavy atom. The lowest BCUT2D eigenvalue weighted by atomic mass is 10.3. The van der Waals surface area contributed by atoms with Gasteiger partial charge in [-0.1, -0.05) is 18.2 Å². The van der Waals surface area contributed by atoms with Crippen molar-refractivity contribution in [3.05, 3.63) is 66.4 Å². The third-order valence-electron chi connectivity index (χ3n) is 4.13. The zero-order valence-electron chi connectivity index (χ0n) is 15.4. The molecule has 0 spiro atoms. The molecule has 0 atom stereocenters. The SMILES string of the molecule is N#CCCCOc1cccc(NC(=O)c2ccc(-c3nc4ccccc4s3)o2)c1. The molecule has 0 bridgehead atoms. The second-order valence-electron chi connectivity index (χ2n) is 6.24. The Kier molecular flexibility index (Phi) is 5.54. The Morgan fingerprint density at radius 1 is 1.17 bits per heavy atom. The zero-order valence-corrected chi connectivity index (χ0v) is 16.2. The van der Waals surface area contributed by atoms with Crippen LogP contribution in [-0.4, -0.2) is 17.5 Å². The van der Waals surface area contributed by atoms with E-state index in [4.69, 9.17) is 14.4 Å². The van der Waals surface area contributed by atoms with Crippen molar-refractivity contribution in [2.75, 3.05) is 11.9 Å². The van der Waals surface area contributed by atoms with Crippen molar-refractivity contribution in [3.63, 3.8) is 0 Å². The van der Waals surface area contributed by atoms with Crippen molar-refractivity contribution in [2.45, 2.75) is 12.8 Å². The van der Waals surface area contributed by atoms with Crippen LogP contribution in [0.4, 0.5) is 5.69 Å². The number of furan rings is 1. The first kappa shape index (κ1) is 18.7. The van der Waals surface area contributed by atoms with Crippen LogP contribution in [-0.2, 0) is 0 Å². The lowest BCUT2D eigenvalue weighted by Gasteiger charge is -2.08. The summed E-state index contributed by atoms with van der Waals surface area (Å²) in [6, 6.07) is 20.4. The fraction of sp³-hybridized carbons (Fsp3) is 0.136. The number of nitrogens with one attached hydrogen (secondary N) is 1. The molecule has 0 radical (unpaired) electrons. The van der Waals surface area contributed by atoms with Crippen LogP contribution in [0.3, 0.4) is 0 Å². The van der Waals surface area contributed by atoms with E-state index in [1.165, 1.54) is 11.3 Å². The van der Waals surface area contributed by atoms with Crippen LogP contribution >= 0.6 is 11.3 Å². The van der Waals surface area contributed by atoms with E-state index in [9.17, 15) is 4.79 Å². The van der Waals surface area contributed by atoms with Crippen LogP contribution in [0.5, 0.6) is 5.75 Å². The number of carbonyl (C=O) groups is 1. The van der Waals surface area contributed by atoms with E-state index in [1.807, 2.05) is 24.3 Å². The first-order valence-corrected chi connectivity index (χ1v) is 9.91. The minimum Gasteiger partial charge on any atom is -0.493 e. The molecule has 6 nitrogen and oxygen atoms in total. The molecule has 0 unspecified atom stereocenters. The average Bonchev–Trinajstić information content (AvgIpc) is 3.38. The molecule has 7 heteroatoms. The first-order chi connectivity index (χ1) is 14.2. The highest BCUT2D eigenvalue weighted by molar-refractivity contribution is 7.21. The highest BCUT2D eigenvalue weighted by Gasteiger charge is 2.15. The number of unbranched alkanes of at least 4 members (excludes halogenated alkanes) is 1. The van der Waals surface area contributed by atoms with Gasteiger partial charge in [0.05, 0.1) is 22.9 Å². The molecule has 2 heterocycles. The van der Waals surface area contributed by atoms with Gasteiger partial charge in [0.1, 0.15) is 5.75 Å². The molecule has 0 saturated carbocycles. The van der Waals surface area contributed by atoms with E-state index < -0.39 is 0 Å². The highest BCUT2D eigenvalue weighted by Crippen LogP contribution is 2.31. The van der Waals surface area contributed by atoms with Crippen molar-refractivity contribution in [2.24, 2.45) is 0 Å². The van der Waals surface area contributed by atoms with Crippen molar-refractivity contribution in [1.82, 2.24) is 4.98 Å². The highest BCUT2D eigenvalue weighted by atomic mass is 32.1. The largest absolute Gasteiger partial charge is 0.493 e. The third-order valence-corrected chi connectivity index (χ3v) is 5.18. The number of fused-ring (bicyclic) bond motifs is 1. The van der Waals surface area contributed by atoms with Gasteiger partial charge in [0.2, 0.25) is 0 Å². The summed E-state index contributed by atoms with van der Waals surface area (Å²) in [4.78, 5) is 17.1. The minimum absolute atomic E-state index is 0.208. The molecular formula is C22H17N3O3S. The molecule has 4 aromatic rings. The van der Waals surface area contributed by atoms with Crippen molar-refractivity contribution < 1.29 is 13.9 Å². The average molecular weight is 403 g/mol. The first-order valence-electron chi connectivity index (χ1n) is 9.10. The third kappa shape index (κ3) is 4.45. The Labute approximate surface area is 171 Å². The van der Waals surface area contributed by atoms with Gasteiger partial charge in [-0.25, -0.2) is 4.98 Å². The number of hydrogen-bond acceptors (Lipinski definition) is 6. The standard InChI is InChI=1S/C22H17N3O3S/c23-12-3-4-13-27-16-7-5-6-15(14-16)24-21(26)18-10-11-19(28-18)22-25-17-8-1-2-9-20(17)29-22/h1-2,5-11,14H,3-4,13H2,(H,24,26). The summed E-state index contributed by atoms with van der Waals surface area (Å²) in [5, 5.41) is 12.1. The fourth-order valence-electron chi connectivity index (χ4n) is 2.75. The number of amides is 1. The van der Waals surface area contributed by atoms with Crippen molar-refractivity contribution in [1.29, 1.82) is 5.26 Å². The number of anilines is 1.